The summed E-state index contributed by atoms with van der Waals surface area (Å²) < 4.78 is 0. The molecule has 3 N–H and O–H groups in total. The predicted molar refractivity (Wildman–Crippen MR) is 69.7 cm³/mol. The number of hydrogen-bond acceptors (Lipinski definition) is 3. The van der Waals surface area contributed by atoms with Crippen molar-refractivity contribution < 1.29 is 5.11 Å². The first-order valence-electron chi connectivity index (χ1n) is 6.30. The van der Waals surface area contributed by atoms with E-state index >= 15 is 0 Å². The van der Waals surface area contributed by atoms with E-state index in [-0.39, 0.29) is 0 Å². The van der Waals surface area contributed by atoms with Crippen LogP contribution in [0, 0.1) is 0 Å². The third-order valence-corrected chi connectivity index (χ3v) is 3.68. The first-order valence-corrected chi connectivity index (χ1v) is 6.30. The summed E-state index contributed by atoms with van der Waals surface area (Å²) in [5.74, 6) is 0. The molecule has 1 aliphatic rings. The van der Waals surface area contributed by atoms with Crippen molar-refractivity contribution in [2.75, 3.05) is 20.1 Å². The second kappa shape index (κ2) is 5.17. The molecule has 2 rings (SSSR count). The summed E-state index contributed by atoms with van der Waals surface area (Å²) in [5.41, 5.74) is 7.44. The van der Waals surface area contributed by atoms with Gasteiger partial charge in [0.2, 0.25) is 0 Å². The van der Waals surface area contributed by atoms with E-state index in [1.807, 2.05) is 12.1 Å². The van der Waals surface area contributed by atoms with Crippen molar-refractivity contribution in [2.45, 2.75) is 31.4 Å². The molecule has 0 aromatic heterocycles. The molecule has 0 unspecified atom stereocenters. The Kier molecular flexibility index (Phi) is 3.82. The summed E-state index contributed by atoms with van der Waals surface area (Å²) >= 11 is 0. The first kappa shape index (κ1) is 12.6. The van der Waals surface area contributed by atoms with Crippen LogP contribution in [0.2, 0.25) is 0 Å². The van der Waals surface area contributed by atoms with Gasteiger partial charge in [-0.25, -0.2) is 0 Å². The Bertz CT molecular complexity index is 370. The van der Waals surface area contributed by atoms with Gasteiger partial charge in [-0.15, -0.1) is 0 Å². The number of rotatable bonds is 3. The molecule has 17 heavy (non-hydrogen) atoms. The van der Waals surface area contributed by atoms with Crippen molar-refractivity contribution >= 4 is 0 Å². The average Bonchev–Trinajstić information content (AvgIpc) is 2.33. The van der Waals surface area contributed by atoms with E-state index in [1.165, 1.54) is 5.56 Å². The van der Waals surface area contributed by atoms with Gasteiger partial charge in [-0.3, -0.25) is 0 Å². The van der Waals surface area contributed by atoms with Gasteiger partial charge in [-0.1, -0.05) is 24.3 Å². The highest BCUT2D eigenvalue weighted by molar-refractivity contribution is 5.24. The van der Waals surface area contributed by atoms with Crippen LogP contribution in [-0.4, -0.2) is 35.7 Å². The van der Waals surface area contributed by atoms with E-state index < -0.39 is 5.60 Å². The summed E-state index contributed by atoms with van der Waals surface area (Å²) in [7, 11) is 2.11. The maximum absolute atomic E-state index is 10.5. The van der Waals surface area contributed by atoms with Gasteiger partial charge in [-0.2, -0.15) is 0 Å². The molecule has 0 bridgehead atoms. The fourth-order valence-corrected chi connectivity index (χ4v) is 2.46. The number of benzene rings is 1. The van der Waals surface area contributed by atoms with Crippen LogP contribution < -0.4 is 5.73 Å². The molecule has 94 valence electrons. The van der Waals surface area contributed by atoms with Crippen molar-refractivity contribution in [3.8, 4) is 0 Å². The maximum atomic E-state index is 10.5. The quantitative estimate of drug-likeness (QED) is 0.824. The fraction of sp³-hybridized carbons (Fsp3) is 0.571. The second-order valence-electron chi connectivity index (χ2n) is 5.23. The van der Waals surface area contributed by atoms with E-state index in [9.17, 15) is 5.11 Å². The van der Waals surface area contributed by atoms with Gasteiger partial charge >= 0.3 is 0 Å². The number of hydrogen-bond donors (Lipinski definition) is 2. The average molecular weight is 234 g/mol. The molecule has 0 radical (unpaired) electrons. The van der Waals surface area contributed by atoms with Crippen LogP contribution in [0.1, 0.15) is 24.0 Å². The Labute approximate surface area is 103 Å². The molecular weight excluding hydrogens is 212 g/mol. The summed E-state index contributed by atoms with van der Waals surface area (Å²) in [6, 6.07) is 8.24. The molecule has 1 fully saturated rings. The molecule has 1 aromatic rings. The monoisotopic (exact) mass is 234 g/mol. The summed E-state index contributed by atoms with van der Waals surface area (Å²) in [6.45, 7) is 2.52. The fourth-order valence-electron chi connectivity index (χ4n) is 2.46. The van der Waals surface area contributed by atoms with Crippen LogP contribution in [0.25, 0.3) is 0 Å². The second-order valence-corrected chi connectivity index (χ2v) is 5.23. The van der Waals surface area contributed by atoms with Crippen LogP contribution in [0.15, 0.2) is 24.3 Å². The lowest BCUT2D eigenvalue weighted by molar-refractivity contribution is -0.0150. The Morgan fingerprint density at radius 2 is 1.94 bits per heavy atom. The largest absolute Gasteiger partial charge is 0.389 e. The lowest BCUT2D eigenvalue weighted by Crippen LogP contribution is -2.44. The maximum Gasteiger partial charge on any atom is 0.0712 e. The van der Waals surface area contributed by atoms with Gasteiger partial charge in [0, 0.05) is 26.1 Å². The Morgan fingerprint density at radius 1 is 1.29 bits per heavy atom. The van der Waals surface area contributed by atoms with Crippen molar-refractivity contribution in [3.63, 3.8) is 0 Å². The molecule has 3 heteroatoms. The molecule has 1 heterocycles. The molecule has 0 saturated carbocycles. The summed E-state index contributed by atoms with van der Waals surface area (Å²) in [6.07, 6.45) is 2.46. The smallest absolute Gasteiger partial charge is 0.0712 e. The zero-order valence-electron chi connectivity index (χ0n) is 10.5. The van der Waals surface area contributed by atoms with Crippen molar-refractivity contribution in [1.82, 2.24) is 4.90 Å². The highest BCUT2D eigenvalue weighted by atomic mass is 16.3. The van der Waals surface area contributed by atoms with Gasteiger partial charge in [0.25, 0.3) is 0 Å². The van der Waals surface area contributed by atoms with E-state index in [0.29, 0.717) is 6.54 Å². The van der Waals surface area contributed by atoms with E-state index in [4.69, 9.17) is 5.73 Å². The topological polar surface area (TPSA) is 49.5 Å². The van der Waals surface area contributed by atoms with Crippen LogP contribution in [-0.2, 0) is 13.0 Å². The lowest BCUT2D eigenvalue weighted by atomic mass is 9.85. The lowest BCUT2D eigenvalue weighted by Gasteiger charge is -2.36. The summed E-state index contributed by atoms with van der Waals surface area (Å²) in [4.78, 5) is 2.27. The zero-order chi connectivity index (χ0) is 12.3. The summed E-state index contributed by atoms with van der Waals surface area (Å²) in [5, 5.41) is 10.5. The van der Waals surface area contributed by atoms with Crippen molar-refractivity contribution in [3.05, 3.63) is 35.4 Å². The highest BCUT2D eigenvalue weighted by Gasteiger charge is 2.31. The van der Waals surface area contributed by atoms with Gasteiger partial charge in [0.1, 0.15) is 0 Å². The molecular formula is C14H22N2O. The number of nitrogens with zero attached hydrogens (tertiary/aromatic N) is 1. The molecule has 1 aromatic carbocycles. The zero-order valence-corrected chi connectivity index (χ0v) is 10.5. The molecule has 1 aliphatic heterocycles. The number of aliphatic hydroxyl groups is 1. The van der Waals surface area contributed by atoms with Crippen LogP contribution in [0.4, 0.5) is 0 Å². The third kappa shape index (κ3) is 3.28. The highest BCUT2D eigenvalue weighted by Crippen LogP contribution is 2.26. The molecule has 0 atom stereocenters. The molecule has 0 spiro atoms. The standard InChI is InChI=1S/C14H22N2O/c1-16-7-5-14(17,6-8-16)10-12-3-2-4-13(9-12)11-15/h2-4,9,17H,5-8,10-11,15H2,1H3. The minimum atomic E-state index is -0.528. The first-order chi connectivity index (χ1) is 8.11. The van der Waals surface area contributed by atoms with Crippen molar-refractivity contribution in [1.29, 1.82) is 0 Å². The number of nitrogens with two attached hydrogens (primary N) is 1. The molecule has 0 amide bonds. The number of piperidine rings is 1. The third-order valence-electron chi connectivity index (χ3n) is 3.68. The van der Waals surface area contributed by atoms with Crippen LogP contribution in [0.3, 0.4) is 0 Å². The Balaban J connectivity index is 2.04. The van der Waals surface area contributed by atoms with E-state index in [0.717, 1.165) is 37.9 Å². The minimum absolute atomic E-state index is 0.528. The van der Waals surface area contributed by atoms with Crippen LogP contribution in [0.5, 0.6) is 0 Å². The van der Waals surface area contributed by atoms with Gasteiger partial charge in [0.05, 0.1) is 5.60 Å². The Hall–Kier alpha value is -0.900. The van der Waals surface area contributed by atoms with Gasteiger partial charge in [0.15, 0.2) is 0 Å². The van der Waals surface area contributed by atoms with Crippen molar-refractivity contribution in [2.24, 2.45) is 5.73 Å². The minimum Gasteiger partial charge on any atom is -0.389 e. The normalized spacial score (nSPS) is 20.4. The SMILES string of the molecule is CN1CCC(O)(Cc2cccc(CN)c2)CC1. The molecule has 0 aliphatic carbocycles. The molecule has 3 nitrogen and oxygen atoms in total. The predicted octanol–water partition coefficient (Wildman–Crippen LogP) is 1.14. The van der Waals surface area contributed by atoms with Crippen LogP contribution >= 0.6 is 0 Å². The van der Waals surface area contributed by atoms with E-state index in [2.05, 4.69) is 24.1 Å². The van der Waals surface area contributed by atoms with Gasteiger partial charge < -0.3 is 15.7 Å². The molecule has 1 saturated heterocycles. The van der Waals surface area contributed by atoms with E-state index in [1.54, 1.807) is 0 Å². The number of likely N-dealkylation sites (tertiary alicyclic amines) is 1. The van der Waals surface area contributed by atoms with Gasteiger partial charge in [-0.05, 0) is 31.0 Å². The Morgan fingerprint density at radius 3 is 2.59 bits per heavy atom.